The molecule has 0 bridgehead atoms. The van der Waals surface area contributed by atoms with E-state index in [0.717, 1.165) is 18.4 Å². The second kappa shape index (κ2) is 4.63. The maximum Gasteiger partial charge on any atom is 0.140 e. The monoisotopic (exact) mass is 234 g/mol. The zero-order chi connectivity index (χ0) is 12.5. The molecule has 1 aromatic rings. The van der Waals surface area contributed by atoms with Gasteiger partial charge >= 0.3 is 0 Å². The maximum absolute atomic E-state index is 12.2. The number of hydrogen-bond donors (Lipinski definition) is 0. The molecule has 1 heterocycles. The van der Waals surface area contributed by atoms with Crippen LogP contribution in [0.15, 0.2) is 12.4 Å². The first-order valence-corrected chi connectivity index (χ1v) is 6.46. The van der Waals surface area contributed by atoms with Gasteiger partial charge < -0.3 is 0 Å². The summed E-state index contributed by atoms with van der Waals surface area (Å²) >= 11 is 0. The van der Waals surface area contributed by atoms with Crippen LogP contribution in [0, 0.1) is 11.3 Å². The van der Waals surface area contributed by atoms with Crippen LogP contribution in [0.25, 0.3) is 0 Å². The third kappa shape index (κ3) is 3.18. The number of rotatable bonds is 3. The zero-order valence-electron chi connectivity index (χ0n) is 11.1. The van der Waals surface area contributed by atoms with Crippen molar-refractivity contribution in [2.75, 3.05) is 0 Å². The van der Waals surface area contributed by atoms with Crippen LogP contribution in [0.3, 0.4) is 0 Å². The number of ketones is 1. The predicted octanol–water partition coefficient (Wildman–Crippen LogP) is 2.75. The lowest BCUT2D eigenvalue weighted by atomic mass is 9.71. The second-order valence-electron chi connectivity index (χ2n) is 6.10. The number of aromatic nitrogens is 2. The fraction of sp³-hybridized carbons (Fsp3) is 0.714. The molecule has 0 saturated heterocycles. The van der Waals surface area contributed by atoms with Crippen molar-refractivity contribution in [1.82, 2.24) is 9.78 Å². The fourth-order valence-corrected chi connectivity index (χ4v) is 2.63. The molecule has 0 aromatic carbocycles. The first-order valence-electron chi connectivity index (χ1n) is 6.46. The Kier molecular flexibility index (Phi) is 3.36. The molecule has 0 amide bonds. The Balaban J connectivity index is 1.89. The summed E-state index contributed by atoms with van der Waals surface area (Å²) in [7, 11) is 1.89. The molecule has 2 rings (SSSR count). The van der Waals surface area contributed by atoms with E-state index in [2.05, 4.69) is 18.9 Å². The summed E-state index contributed by atoms with van der Waals surface area (Å²) in [4.78, 5) is 12.2. The Morgan fingerprint density at radius 3 is 2.65 bits per heavy atom. The lowest BCUT2D eigenvalue weighted by Crippen LogP contribution is -2.27. The number of carbonyl (C=O) groups excluding carboxylic acids is 1. The largest absolute Gasteiger partial charge is 0.299 e. The standard InChI is InChI=1S/C14H22N2O/c1-14(2)6-4-12(5-7-14)13(17)8-11-9-15-16(3)10-11/h9-10,12H,4-8H2,1-3H3. The Bertz CT molecular complexity index is 396. The Labute approximate surface area is 103 Å². The molecule has 94 valence electrons. The van der Waals surface area contributed by atoms with Gasteiger partial charge in [-0.25, -0.2) is 0 Å². The smallest absolute Gasteiger partial charge is 0.140 e. The third-order valence-corrected chi connectivity index (χ3v) is 3.93. The molecular weight excluding hydrogens is 212 g/mol. The van der Waals surface area contributed by atoms with Crippen molar-refractivity contribution in [1.29, 1.82) is 0 Å². The quantitative estimate of drug-likeness (QED) is 0.806. The van der Waals surface area contributed by atoms with E-state index in [4.69, 9.17) is 0 Å². The van der Waals surface area contributed by atoms with E-state index in [-0.39, 0.29) is 5.92 Å². The minimum Gasteiger partial charge on any atom is -0.299 e. The summed E-state index contributed by atoms with van der Waals surface area (Å²) in [6, 6.07) is 0. The second-order valence-corrected chi connectivity index (χ2v) is 6.10. The molecule has 0 radical (unpaired) electrons. The SMILES string of the molecule is Cn1cc(CC(=O)C2CCC(C)(C)CC2)cn1. The van der Waals surface area contributed by atoms with E-state index in [0.29, 0.717) is 17.6 Å². The van der Waals surface area contributed by atoms with Crippen molar-refractivity contribution in [2.24, 2.45) is 18.4 Å². The van der Waals surface area contributed by atoms with Crippen LogP contribution in [-0.2, 0) is 18.3 Å². The van der Waals surface area contributed by atoms with Gasteiger partial charge in [-0.3, -0.25) is 9.48 Å². The van der Waals surface area contributed by atoms with Crippen molar-refractivity contribution in [2.45, 2.75) is 46.0 Å². The highest BCUT2D eigenvalue weighted by molar-refractivity contribution is 5.83. The van der Waals surface area contributed by atoms with E-state index in [9.17, 15) is 4.79 Å². The molecular formula is C14H22N2O. The predicted molar refractivity (Wildman–Crippen MR) is 67.7 cm³/mol. The van der Waals surface area contributed by atoms with E-state index in [1.54, 1.807) is 10.9 Å². The van der Waals surface area contributed by atoms with Gasteiger partial charge in [0, 0.05) is 25.6 Å². The number of Topliss-reactive ketones (excluding diaryl/α,β-unsaturated/α-hetero) is 1. The molecule has 1 fully saturated rings. The number of nitrogens with zero attached hydrogens (tertiary/aromatic N) is 2. The van der Waals surface area contributed by atoms with E-state index in [1.807, 2.05) is 13.2 Å². The van der Waals surface area contributed by atoms with Crippen LogP contribution in [-0.4, -0.2) is 15.6 Å². The molecule has 17 heavy (non-hydrogen) atoms. The van der Waals surface area contributed by atoms with Crippen LogP contribution >= 0.6 is 0 Å². The highest BCUT2D eigenvalue weighted by Gasteiger charge is 2.30. The van der Waals surface area contributed by atoms with Gasteiger partial charge in [-0.15, -0.1) is 0 Å². The Morgan fingerprint density at radius 1 is 1.47 bits per heavy atom. The van der Waals surface area contributed by atoms with Crippen LogP contribution in [0.4, 0.5) is 0 Å². The average molecular weight is 234 g/mol. The van der Waals surface area contributed by atoms with Gasteiger partial charge in [0.2, 0.25) is 0 Å². The molecule has 0 aliphatic heterocycles. The minimum atomic E-state index is 0.281. The average Bonchev–Trinajstić information content (AvgIpc) is 2.63. The van der Waals surface area contributed by atoms with Crippen LogP contribution < -0.4 is 0 Å². The first-order chi connectivity index (χ1) is 7.96. The summed E-state index contributed by atoms with van der Waals surface area (Å²) < 4.78 is 1.76. The van der Waals surface area contributed by atoms with Gasteiger partial charge in [-0.2, -0.15) is 5.10 Å². The lowest BCUT2D eigenvalue weighted by molar-refractivity contribution is -0.123. The Hall–Kier alpha value is -1.12. The van der Waals surface area contributed by atoms with E-state index in [1.165, 1.54) is 12.8 Å². The van der Waals surface area contributed by atoms with E-state index >= 15 is 0 Å². The summed E-state index contributed by atoms with van der Waals surface area (Å²) in [5.41, 5.74) is 1.48. The summed E-state index contributed by atoms with van der Waals surface area (Å²) in [6.45, 7) is 4.60. The molecule has 3 heteroatoms. The van der Waals surface area contributed by atoms with Gasteiger partial charge in [-0.1, -0.05) is 13.8 Å². The van der Waals surface area contributed by atoms with Gasteiger partial charge in [0.1, 0.15) is 5.78 Å². The number of carbonyl (C=O) groups is 1. The molecule has 1 aliphatic rings. The van der Waals surface area contributed by atoms with Crippen molar-refractivity contribution < 1.29 is 4.79 Å². The van der Waals surface area contributed by atoms with Crippen LogP contribution in [0.2, 0.25) is 0 Å². The first kappa shape index (κ1) is 12.3. The van der Waals surface area contributed by atoms with Crippen LogP contribution in [0.5, 0.6) is 0 Å². The minimum absolute atomic E-state index is 0.281. The summed E-state index contributed by atoms with van der Waals surface area (Å²) in [5, 5.41) is 4.10. The molecule has 0 atom stereocenters. The topological polar surface area (TPSA) is 34.9 Å². The molecule has 0 N–H and O–H groups in total. The van der Waals surface area contributed by atoms with Gasteiger partial charge in [-0.05, 0) is 36.7 Å². The third-order valence-electron chi connectivity index (χ3n) is 3.93. The lowest BCUT2D eigenvalue weighted by Gasteiger charge is -2.33. The number of aryl methyl sites for hydroxylation is 1. The molecule has 1 saturated carbocycles. The molecule has 3 nitrogen and oxygen atoms in total. The van der Waals surface area contributed by atoms with Crippen LogP contribution in [0.1, 0.15) is 45.1 Å². The van der Waals surface area contributed by atoms with Crippen molar-refractivity contribution in [3.8, 4) is 0 Å². The van der Waals surface area contributed by atoms with E-state index < -0.39 is 0 Å². The molecule has 0 spiro atoms. The summed E-state index contributed by atoms with van der Waals surface area (Å²) in [5.74, 6) is 0.678. The van der Waals surface area contributed by atoms with Gasteiger partial charge in [0.25, 0.3) is 0 Å². The normalized spacial score (nSPS) is 20.4. The molecule has 1 aromatic heterocycles. The maximum atomic E-state index is 12.2. The highest BCUT2D eigenvalue weighted by atomic mass is 16.1. The van der Waals surface area contributed by atoms with Gasteiger partial charge in [0.15, 0.2) is 0 Å². The fourth-order valence-electron chi connectivity index (χ4n) is 2.63. The molecule has 1 aliphatic carbocycles. The van der Waals surface area contributed by atoms with Crippen molar-refractivity contribution in [3.05, 3.63) is 18.0 Å². The van der Waals surface area contributed by atoms with Crippen molar-refractivity contribution in [3.63, 3.8) is 0 Å². The zero-order valence-corrected chi connectivity index (χ0v) is 11.1. The number of hydrogen-bond acceptors (Lipinski definition) is 2. The van der Waals surface area contributed by atoms with Gasteiger partial charge in [0.05, 0.1) is 6.20 Å². The summed E-state index contributed by atoms with van der Waals surface area (Å²) in [6.07, 6.45) is 8.76. The Morgan fingerprint density at radius 2 is 2.12 bits per heavy atom. The highest BCUT2D eigenvalue weighted by Crippen LogP contribution is 2.38. The van der Waals surface area contributed by atoms with Crippen molar-refractivity contribution >= 4 is 5.78 Å². The molecule has 0 unspecified atom stereocenters.